The molecule has 37 heavy (non-hydrogen) atoms. The van der Waals surface area contributed by atoms with Crippen LogP contribution < -0.4 is 4.74 Å². The molecule has 5 heterocycles. The molecule has 0 atom stereocenters. The fraction of sp³-hybridized carbons (Fsp3) is 0.440. The molecule has 12 heteroatoms. The lowest BCUT2D eigenvalue weighted by Crippen LogP contribution is -2.50. The first-order valence-corrected chi connectivity index (χ1v) is 12.3. The van der Waals surface area contributed by atoms with Gasteiger partial charge >= 0.3 is 6.18 Å². The van der Waals surface area contributed by atoms with Crippen molar-refractivity contribution in [2.75, 3.05) is 13.1 Å². The molecular formula is C25H26F3N7O2. The van der Waals surface area contributed by atoms with Gasteiger partial charge in [-0.25, -0.2) is 15.0 Å². The Morgan fingerprint density at radius 1 is 1.11 bits per heavy atom. The number of piperidine rings is 1. The zero-order valence-corrected chi connectivity index (χ0v) is 19.9. The average Bonchev–Trinajstić information content (AvgIpc) is 3.53. The summed E-state index contributed by atoms with van der Waals surface area (Å²) in [6, 6.07) is 4.95. The number of hydrogen-bond donors (Lipinski definition) is 2. The number of H-pyrrole nitrogens is 1. The summed E-state index contributed by atoms with van der Waals surface area (Å²) >= 11 is 0. The Kier molecular flexibility index (Phi) is 6.07. The smallest absolute Gasteiger partial charge is 0.433 e. The van der Waals surface area contributed by atoms with E-state index in [1.807, 2.05) is 29.3 Å². The van der Waals surface area contributed by atoms with Gasteiger partial charge in [0.25, 0.3) is 0 Å². The summed E-state index contributed by atoms with van der Waals surface area (Å²) in [5, 5.41) is 14.9. The lowest BCUT2D eigenvalue weighted by Gasteiger charge is -2.45. The van der Waals surface area contributed by atoms with E-state index >= 15 is 0 Å². The number of pyridine rings is 1. The fourth-order valence-electron chi connectivity index (χ4n) is 5.22. The van der Waals surface area contributed by atoms with Crippen molar-refractivity contribution in [2.45, 2.75) is 56.7 Å². The first-order chi connectivity index (χ1) is 17.9. The van der Waals surface area contributed by atoms with Gasteiger partial charge in [-0.2, -0.15) is 18.3 Å². The van der Waals surface area contributed by atoms with E-state index < -0.39 is 18.5 Å². The second-order valence-electron chi connectivity index (χ2n) is 9.66. The largest absolute Gasteiger partial charge is 0.474 e. The van der Waals surface area contributed by atoms with E-state index in [1.54, 1.807) is 6.33 Å². The Bertz CT molecular complexity index is 1390. The Balaban J connectivity index is 1.03. The van der Waals surface area contributed by atoms with Crippen LogP contribution in [0.2, 0.25) is 0 Å². The molecule has 0 bridgehead atoms. The number of rotatable bonds is 6. The molecule has 0 spiro atoms. The van der Waals surface area contributed by atoms with Crippen LogP contribution in [0.25, 0.3) is 22.3 Å². The molecule has 0 amide bonds. The Morgan fingerprint density at radius 2 is 1.92 bits per heavy atom. The van der Waals surface area contributed by atoms with Gasteiger partial charge in [0.05, 0.1) is 24.5 Å². The SMILES string of the molecule is OCc1cc(OC2CCN(C3CC(n4cc(-c5ncnc6[nH]ccc56)cn4)C3)CC2)nc(C(F)(F)F)c1. The second-order valence-corrected chi connectivity index (χ2v) is 9.66. The highest BCUT2D eigenvalue weighted by molar-refractivity contribution is 5.89. The lowest BCUT2D eigenvalue weighted by molar-refractivity contribution is -0.141. The minimum Gasteiger partial charge on any atom is -0.474 e. The van der Waals surface area contributed by atoms with Crippen LogP contribution in [0.15, 0.2) is 43.1 Å². The molecule has 2 N–H and O–H groups in total. The van der Waals surface area contributed by atoms with E-state index in [0.29, 0.717) is 24.9 Å². The van der Waals surface area contributed by atoms with E-state index in [1.165, 1.54) is 6.07 Å². The molecule has 4 aromatic heterocycles. The minimum absolute atomic E-state index is 0.0869. The predicted molar refractivity (Wildman–Crippen MR) is 128 cm³/mol. The van der Waals surface area contributed by atoms with Crippen molar-refractivity contribution in [3.05, 3.63) is 54.4 Å². The molecule has 6 rings (SSSR count). The fourth-order valence-corrected chi connectivity index (χ4v) is 5.22. The predicted octanol–water partition coefficient (Wildman–Crippen LogP) is 3.97. The number of aromatic nitrogens is 6. The molecule has 194 valence electrons. The van der Waals surface area contributed by atoms with Gasteiger partial charge in [-0.15, -0.1) is 0 Å². The molecule has 0 radical (unpaired) electrons. The summed E-state index contributed by atoms with van der Waals surface area (Å²) in [6.07, 6.45) is 5.88. The van der Waals surface area contributed by atoms with Gasteiger partial charge in [0.2, 0.25) is 5.88 Å². The van der Waals surface area contributed by atoms with Gasteiger partial charge in [0, 0.05) is 48.5 Å². The maximum atomic E-state index is 13.1. The monoisotopic (exact) mass is 513 g/mol. The molecule has 0 unspecified atom stereocenters. The summed E-state index contributed by atoms with van der Waals surface area (Å²) in [7, 11) is 0. The van der Waals surface area contributed by atoms with Gasteiger partial charge in [-0.1, -0.05) is 0 Å². The van der Waals surface area contributed by atoms with E-state index in [0.717, 1.165) is 54.3 Å². The Morgan fingerprint density at radius 3 is 2.68 bits per heavy atom. The standard InChI is InChI=1S/C25H26F3N7O2/c26-25(27,28)21-7-15(13-36)8-22(33-21)37-19-2-5-34(6-3-19)17-9-18(10-17)35-12-16(11-32-35)23-20-1-4-29-24(20)31-14-30-23/h1,4,7-8,11-12,14,17-19,36H,2-3,5-6,9-10,13H2,(H,29,30,31). The van der Waals surface area contributed by atoms with Crippen LogP contribution in [0, 0.1) is 0 Å². The van der Waals surface area contributed by atoms with Crippen molar-refractivity contribution in [1.29, 1.82) is 0 Å². The van der Waals surface area contributed by atoms with Crippen LogP contribution in [0.1, 0.15) is 43.0 Å². The molecule has 1 saturated heterocycles. The number of aliphatic hydroxyl groups is 1. The first-order valence-electron chi connectivity index (χ1n) is 12.3. The lowest BCUT2D eigenvalue weighted by atomic mass is 9.84. The maximum Gasteiger partial charge on any atom is 0.433 e. The zero-order chi connectivity index (χ0) is 25.6. The van der Waals surface area contributed by atoms with Crippen molar-refractivity contribution in [1.82, 2.24) is 34.6 Å². The number of likely N-dealkylation sites (tertiary alicyclic amines) is 1. The molecule has 9 nitrogen and oxygen atoms in total. The molecule has 1 aliphatic carbocycles. The molecular weight excluding hydrogens is 487 g/mol. The van der Waals surface area contributed by atoms with Crippen molar-refractivity contribution >= 4 is 11.0 Å². The minimum atomic E-state index is -4.59. The third-order valence-corrected chi connectivity index (χ3v) is 7.31. The van der Waals surface area contributed by atoms with Crippen LogP contribution >= 0.6 is 0 Å². The van der Waals surface area contributed by atoms with E-state index in [9.17, 15) is 18.3 Å². The van der Waals surface area contributed by atoms with Crippen LogP contribution in [0.4, 0.5) is 13.2 Å². The number of nitrogens with zero attached hydrogens (tertiary/aromatic N) is 6. The van der Waals surface area contributed by atoms with Gasteiger partial charge < -0.3 is 14.8 Å². The van der Waals surface area contributed by atoms with E-state index in [2.05, 4.69) is 29.9 Å². The van der Waals surface area contributed by atoms with E-state index in [-0.39, 0.29) is 17.5 Å². The second kappa shape index (κ2) is 9.42. The average molecular weight is 514 g/mol. The zero-order valence-electron chi connectivity index (χ0n) is 19.9. The maximum absolute atomic E-state index is 13.1. The topological polar surface area (TPSA) is 105 Å². The third kappa shape index (κ3) is 4.78. The molecule has 1 saturated carbocycles. The van der Waals surface area contributed by atoms with Crippen LogP contribution in [-0.4, -0.2) is 65.0 Å². The number of aromatic amines is 1. The van der Waals surface area contributed by atoms with Gasteiger partial charge in [-0.05, 0) is 43.4 Å². The first kappa shape index (κ1) is 23.9. The number of alkyl halides is 3. The number of hydrogen-bond acceptors (Lipinski definition) is 7. The normalized spacial score (nSPS) is 21.3. The quantitative estimate of drug-likeness (QED) is 0.402. The Labute approximate surface area is 210 Å². The number of ether oxygens (including phenoxy) is 1. The molecule has 2 fully saturated rings. The highest BCUT2D eigenvalue weighted by Crippen LogP contribution is 2.38. The van der Waals surface area contributed by atoms with E-state index in [4.69, 9.17) is 4.74 Å². The highest BCUT2D eigenvalue weighted by atomic mass is 19.4. The van der Waals surface area contributed by atoms with Crippen LogP contribution in [0.3, 0.4) is 0 Å². The summed E-state index contributed by atoms with van der Waals surface area (Å²) in [4.78, 5) is 17.8. The Hall–Kier alpha value is -3.51. The molecule has 1 aliphatic heterocycles. The number of aliphatic hydroxyl groups excluding tert-OH is 1. The summed E-state index contributed by atoms with van der Waals surface area (Å²) in [5.74, 6) is -0.0869. The van der Waals surface area contributed by atoms with Gasteiger partial charge in [0.15, 0.2) is 0 Å². The van der Waals surface area contributed by atoms with Crippen molar-refractivity contribution < 1.29 is 23.0 Å². The summed E-state index contributed by atoms with van der Waals surface area (Å²) in [5.41, 5.74) is 1.70. The summed E-state index contributed by atoms with van der Waals surface area (Å²) in [6.45, 7) is 1.12. The molecule has 4 aromatic rings. The van der Waals surface area contributed by atoms with Crippen LogP contribution in [0.5, 0.6) is 5.88 Å². The van der Waals surface area contributed by atoms with Crippen LogP contribution in [-0.2, 0) is 12.8 Å². The number of nitrogens with one attached hydrogen (secondary N) is 1. The van der Waals surface area contributed by atoms with Crippen molar-refractivity contribution in [3.8, 4) is 17.1 Å². The van der Waals surface area contributed by atoms with Gasteiger partial charge in [-0.3, -0.25) is 9.58 Å². The third-order valence-electron chi connectivity index (χ3n) is 7.31. The van der Waals surface area contributed by atoms with Crippen molar-refractivity contribution in [2.24, 2.45) is 0 Å². The summed E-state index contributed by atoms with van der Waals surface area (Å²) < 4.78 is 47.2. The number of halogens is 3. The highest BCUT2D eigenvalue weighted by Gasteiger charge is 2.38. The molecule has 0 aromatic carbocycles. The molecule has 2 aliphatic rings. The van der Waals surface area contributed by atoms with Crippen molar-refractivity contribution in [3.63, 3.8) is 0 Å². The van der Waals surface area contributed by atoms with Gasteiger partial charge in [0.1, 0.15) is 23.8 Å². The number of fused-ring (bicyclic) bond motifs is 1.